The lowest BCUT2D eigenvalue weighted by molar-refractivity contribution is 0.294. The van der Waals surface area contributed by atoms with E-state index in [0.29, 0.717) is 18.4 Å². The van der Waals surface area contributed by atoms with Gasteiger partial charge in [0.15, 0.2) is 0 Å². The summed E-state index contributed by atoms with van der Waals surface area (Å²) in [6.45, 7) is 10.2. The molecule has 0 unspecified atom stereocenters. The lowest BCUT2D eigenvalue weighted by Gasteiger charge is -2.16. The molecular weight excluding hydrogens is 296 g/mol. The highest BCUT2D eigenvalue weighted by Gasteiger charge is 2.13. The number of para-hydroxylation sites is 3. The van der Waals surface area contributed by atoms with Gasteiger partial charge >= 0.3 is 0 Å². The minimum Gasteiger partial charge on any atom is -0.491 e. The van der Waals surface area contributed by atoms with Crippen molar-refractivity contribution in [2.45, 2.75) is 46.1 Å². The molecule has 0 bridgehead atoms. The van der Waals surface area contributed by atoms with Crippen molar-refractivity contribution in [2.75, 3.05) is 6.61 Å². The maximum atomic E-state index is 6.11. The minimum atomic E-state index is 0.389. The van der Waals surface area contributed by atoms with Gasteiger partial charge in [-0.1, -0.05) is 58.0 Å². The van der Waals surface area contributed by atoms with Crippen molar-refractivity contribution >= 4 is 11.0 Å². The van der Waals surface area contributed by atoms with E-state index in [2.05, 4.69) is 68.7 Å². The Balaban J connectivity index is 1.80. The number of hydrogen-bond donors (Lipinski definition) is 0. The van der Waals surface area contributed by atoms with E-state index in [-0.39, 0.29) is 0 Å². The molecule has 1 heterocycles. The van der Waals surface area contributed by atoms with Crippen LogP contribution in [0.1, 0.15) is 50.9 Å². The Morgan fingerprint density at radius 1 is 0.917 bits per heavy atom. The topological polar surface area (TPSA) is 27.1 Å². The fraction of sp³-hybridized carbons (Fsp3) is 0.381. The molecule has 0 N–H and O–H groups in total. The first kappa shape index (κ1) is 16.6. The van der Waals surface area contributed by atoms with Gasteiger partial charge in [-0.2, -0.15) is 0 Å². The van der Waals surface area contributed by atoms with Crippen LogP contribution in [-0.4, -0.2) is 16.2 Å². The Morgan fingerprint density at radius 2 is 1.62 bits per heavy atom. The molecule has 0 amide bonds. The highest BCUT2D eigenvalue weighted by atomic mass is 16.5. The van der Waals surface area contributed by atoms with Gasteiger partial charge in [0, 0.05) is 5.92 Å². The van der Waals surface area contributed by atoms with Crippen LogP contribution in [0.5, 0.6) is 5.75 Å². The monoisotopic (exact) mass is 322 g/mol. The summed E-state index contributed by atoms with van der Waals surface area (Å²) >= 11 is 0. The van der Waals surface area contributed by atoms with Crippen molar-refractivity contribution in [1.29, 1.82) is 0 Å². The first-order valence-corrected chi connectivity index (χ1v) is 8.74. The van der Waals surface area contributed by atoms with Crippen molar-refractivity contribution in [3.05, 3.63) is 59.9 Å². The highest BCUT2D eigenvalue weighted by molar-refractivity contribution is 5.76. The van der Waals surface area contributed by atoms with Crippen LogP contribution >= 0.6 is 0 Å². The molecule has 2 aromatic carbocycles. The smallest absolute Gasteiger partial charge is 0.122 e. The Kier molecular flexibility index (Phi) is 4.89. The van der Waals surface area contributed by atoms with Gasteiger partial charge in [0.1, 0.15) is 18.2 Å². The molecule has 3 aromatic rings. The van der Waals surface area contributed by atoms with Crippen LogP contribution in [0.25, 0.3) is 11.0 Å². The molecule has 3 heteroatoms. The summed E-state index contributed by atoms with van der Waals surface area (Å²) in [5.74, 6) is 2.96. The zero-order valence-electron chi connectivity index (χ0n) is 15.0. The molecule has 24 heavy (non-hydrogen) atoms. The van der Waals surface area contributed by atoms with Crippen LogP contribution in [0.3, 0.4) is 0 Å². The fourth-order valence-electron chi connectivity index (χ4n) is 3.11. The van der Waals surface area contributed by atoms with Crippen LogP contribution in [0.15, 0.2) is 48.5 Å². The Labute approximate surface area is 144 Å². The number of fused-ring (bicyclic) bond motifs is 1. The van der Waals surface area contributed by atoms with Gasteiger partial charge in [-0.15, -0.1) is 0 Å². The average molecular weight is 322 g/mol. The Bertz CT molecular complexity index is 818. The first-order chi connectivity index (χ1) is 11.6. The maximum absolute atomic E-state index is 6.11. The van der Waals surface area contributed by atoms with Crippen molar-refractivity contribution in [2.24, 2.45) is 0 Å². The Morgan fingerprint density at radius 3 is 2.38 bits per heavy atom. The minimum absolute atomic E-state index is 0.389. The first-order valence-electron chi connectivity index (χ1n) is 8.74. The molecule has 0 aliphatic rings. The fourth-order valence-corrected chi connectivity index (χ4v) is 3.11. The van der Waals surface area contributed by atoms with Gasteiger partial charge in [-0.25, -0.2) is 4.98 Å². The van der Waals surface area contributed by atoms with Crippen molar-refractivity contribution in [3.63, 3.8) is 0 Å². The van der Waals surface area contributed by atoms with Crippen LogP contribution in [0.2, 0.25) is 0 Å². The molecule has 0 fully saturated rings. The second kappa shape index (κ2) is 7.08. The predicted octanol–water partition coefficient (Wildman–Crippen LogP) is 5.36. The predicted molar refractivity (Wildman–Crippen MR) is 99.8 cm³/mol. The number of nitrogens with zero attached hydrogens (tertiary/aromatic N) is 2. The number of imidazole rings is 1. The van der Waals surface area contributed by atoms with Gasteiger partial charge in [-0.3, -0.25) is 0 Å². The lowest BCUT2D eigenvalue weighted by Crippen LogP contribution is -2.12. The number of benzene rings is 2. The van der Waals surface area contributed by atoms with Gasteiger partial charge < -0.3 is 9.30 Å². The summed E-state index contributed by atoms with van der Waals surface area (Å²) in [6, 6.07) is 16.6. The third kappa shape index (κ3) is 3.30. The molecule has 0 saturated heterocycles. The third-order valence-corrected chi connectivity index (χ3v) is 4.31. The van der Waals surface area contributed by atoms with Crippen LogP contribution in [0.4, 0.5) is 0 Å². The summed E-state index contributed by atoms with van der Waals surface area (Å²) < 4.78 is 8.40. The van der Waals surface area contributed by atoms with E-state index < -0.39 is 0 Å². The number of rotatable bonds is 6. The molecular formula is C21H26N2O. The number of hydrogen-bond acceptors (Lipinski definition) is 2. The van der Waals surface area contributed by atoms with E-state index in [9.17, 15) is 0 Å². The summed E-state index contributed by atoms with van der Waals surface area (Å²) in [7, 11) is 0. The molecule has 0 radical (unpaired) electrons. The Hall–Kier alpha value is -2.29. The molecule has 0 aliphatic heterocycles. The van der Waals surface area contributed by atoms with Crippen molar-refractivity contribution in [1.82, 2.24) is 9.55 Å². The second-order valence-corrected chi connectivity index (χ2v) is 6.81. The third-order valence-electron chi connectivity index (χ3n) is 4.31. The normalized spacial score (nSPS) is 11.6. The van der Waals surface area contributed by atoms with E-state index in [4.69, 9.17) is 9.72 Å². The molecule has 0 atom stereocenters. The summed E-state index contributed by atoms with van der Waals surface area (Å²) in [4.78, 5) is 4.79. The molecule has 1 aromatic heterocycles. The van der Waals surface area contributed by atoms with Crippen LogP contribution in [-0.2, 0) is 6.54 Å². The van der Waals surface area contributed by atoms with Gasteiger partial charge in [-0.05, 0) is 29.7 Å². The van der Waals surface area contributed by atoms with E-state index in [1.54, 1.807) is 0 Å². The van der Waals surface area contributed by atoms with Crippen LogP contribution in [0, 0.1) is 0 Å². The van der Waals surface area contributed by atoms with E-state index in [0.717, 1.165) is 23.6 Å². The van der Waals surface area contributed by atoms with E-state index >= 15 is 0 Å². The molecule has 0 aliphatic carbocycles. The zero-order chi connectivity index (χ0) is 17.1. The van der Waals surface area contributed by atoms with Crippen LogP contribution < -0.4 is 4.74 Å². The highest BCUT2D eigenvalue weighted by Crippen LogP contribution is 2.26. The standard InChI is InChI=1S/C21H26N2O/c1-15(2)17-9-5-8-12-20(17)24-14-13-23-19-11-7-6-10-18(19)22-21(23)16(3)4/h5-12,15-16H,13-14H2,1-4H3. The van der Waals surface area contributed by atoms with Gasteiger partial charge in [0.2, 0.25) is 0 Å². The summed E-state index contributed by atoms with van der Waals surface area (Å²) in [6.07, 6.45) is 0. The second-order valence-electron chi connectivity index (χ2n) is 6.81. The van der Waals surface area contributed by atoms with Gasteiger partial charge in [0.05, 0.1) is 17.6 Å². The van der Waals surface area contributed by atoms with Crippen molar-refractivity contribution < 1.29 is 4.74 Å². The van der Waals surface area contributed by atoms with Gasteiger partial charge in [0.25, 0.3) is 0 Å². The lowest BCUT2D eigenvalue weighted by atomic mass is 10.0. The summed E-state index contributed by atoms with van der Waals surface area (Å²) in [5.41, 5.74) is 3.50. The molecule has 3 rings (SSSR count). The molecule has 3 nitrogen and oxygen atoms in total. The molecule has 0 saturated carbocycles. The SMILES string of the molecule is CC(C)c1ccccc1OCCn1c(C(C)C)nc2ccccc21. The quantitative estimate of drug-likeness (QED) is 0.610. The number of ether oxygens (including phenoxy) is 1. The largest absolute Gasteiger partial charge is 0.491 e. The molecule has 126 valence electrons. The van der Waals surface area contributed by atoms with Crippen molar-refractivity contribution in [3.8, 4) is 5.75 Å². The number of aromatic nitrogens is 2. The summed E-state index contributed by atoms with van der Waals surface area (Å²) in [5, 5.41) is 0. The average Bonchev–Trinajstić information content (AvgIpc) is 2.94. The zero-order valence-corrected chi connectivity index (χ0v) is 15.0. The molecule has 0 spiro atoms. The maximum Gasteiger partial charge on any atom is 0.122 e. The van der Waals surface area contributed by atoms with E-state index in [1.165, 1.54) is 11.1 Å². The van der Waals surface area contributed by atoms with E-state index in [1.807, 2.05) is 12.1 Å².